The molecular formula is C27H30ClN5OS. The first kappa shape index (κ1) is 25.1. The van der Waals surface area contributed by atoms with Crippen molar-refractivity contribution in [2.75, 3.05) is 37.8 Å². The number of hydrogen-bond acceptors (Lipinski definition) is 5. The number of aryl methyl sites for hydroxylation is 1. The van der Waals surface area contributed by atoms with E-state index < -0.39 is 0 Å². The van der Waals surface area contributed by atoms with Crippen LogP contribution >= 0.6 is 23.4 Å². The average Bonchev–Trinajstić information content (AvgIpc) is 3.18. The van der Waals surface area contributed by atoms with Crippen LogP contribution in [-0.2, 0) is 4.79 Å². The van der Waals surface area contributed by atoms with Crippen LogP contribution in [0.1, 0.15) is 12.5 Å². The molecule has 0 aliphatic carbocycles. The van der Waals surface area contributed by atoms with Crippen LogP contribution in [0.3, 0.4) is 0 Å². The van der Waals surface area contributed by atoms with Crippen LogP contribution in [0, 0.1) is 6.92 Å². The van der Waals surface area contributed by atoms with Gasteiger partial charge in [0.05, 0.1) is 27.0 Å². The van der Waals surface area contributed by atoms with E-state index in [1.165, 1.54) is 11.8 Å². The minimum Gasteiger partial charge on any atom is -0.384 e. The molecule has 1 heterocycles. The number of fused-ring (bicyclic) bond motifs is 1. The van der Waals surface area contributed by atoms with E-state index in [9.17, 15) is 4.79 Å². The fourth-order valence-electron chi connectivity index (χ4n) is 3.65. The fourth-order valence-corrected chi connectivity index (χ4v) is 4.88. The molecular weight excluding hydrogens is 478 g/mol. The molecule has 182 valence electrons. The molecule has 8 heteroatoms. The smallest absolute Gasteiger partial charge is 0.237 e. The first-order valence-corrected chi connectivity index (χ1v) is 12.8. The van der Waals surface area contributed by atoms with Gasteiger partial charge in [0, 0.05) is 24.5 Å². The first-order valence-electron chi connectivity index (χ1n) is 11.5. The molecule has 1 amide bonds. The number of benzene rings is 3. The normalized spacial score (nSPS) is 12.2. The third-order valence-electron chi connectivity index (χ3n) is 5.58. The number of anilines is 2. The van der Waals surface area contributed by atoms with E-state index in [1.807, 2.05) is 56.3 Å². The summed E-state index contributed by atoms with van der Waals surface area (Å²) < 4.78 is 2.10. The Morgan fingerprint density at radius 2 is 1.86 bits per heavy atom. The summed E-state index contributed by atoms with van der Waals surface area (Å²) in [6.07, 6.45) is 0. The predicted molar refractivity (Wildman–Crippen MR) is 148 cm³/mol. The Hall–Kier alpha value is -3.00. The van der Waals surface area contributed by atoms with Crippen LogP contribution in [-0.4, -0.2) is 52.8 Å². The minimum absolute atomic E-state index is 0.125. The van der Waals surface area contributed by atoms with Crippen molar-refractivity contribution >= 4 is 51.7 Å². The molecule has 1 unspecified atom stereocenters. The number of likely N-dealkylation sites (N-methyl/N-ethyl adjacent to an activating group) is 1. The van der Waals surface area contributed by atoms with Crippen LogP contribution in [0.15, 0.2) is 71.9 Å². The Kier molecular flexibility index (Phi) is 8.00. The van der Waals surface area contributed by atoms with Gasteiger partial charge in [0.25, 0.3) is 0 Å². The minimum atomic E-state index is -0.380. The van der Waals surface area contributed by atoms with Crippen LogP contribution in [0.2, 0.25) is 5.02 Å². The van der Waals surface area contributed by atoms with Gasteiger partial charge in [-0.05, 0) is 82.0 Å². The second kappa shape index (κ2) is 11.2. The molecule has 0 aliphatic heterocycles. The van der Waals surface area contributed by atoms with Gasteiger partial charge in [-0.1, -0.05) is 41.6 Å². The van der Waals surface area contributed by atoms with Crippen LogP contribution < -0.4 is 10.6 Å². The molecule has 1 aromatic heterocycles. The van der Waals surface area contributed by atoms with Gasteiger partial charge < -0.3 is 15.5 Å². The molecule has 0 saturated carbocycles. The number of nitrogens with one attached hydrogen (secondary N) is 2. The molecule has 0 aliphatic rings. The van der Waals surface area contributed by atoms with E-state index in [1.54, 1.807) is 0 Å². The molecule has 3 aromatic carbocycles. The monoisotopic (exact) mass is 507 g/mol. The summed E-state index contributed by atoms with van der Waals surface area (Å²) in [5, 5.41) is 7.30. The van der Waals surface area contributed by atoms with Gasteiger partial charge in [0.15, 0.2) is 5.16 Å². The Labute approximate surface area is 215 Å². The number of halogens is 1. The Morgan fingerprint density at radius 3 is 2.57 bits per heavy atom. The highest BCUT2D eigenvalue weighted by atomic mass is 35.5. The van der Waals surface area contributed by atoms with E-state index in [4.69, 9.17) is 16.6 Å². The quantitative estimate of drug-likeness (QED) is 0.269. The van der Waals surface area contributed by atoms with Crippen molar-refractivity contribution in [3.63, 3.8) is 0 Å². The summed E-state index contributed by atoms with van der Waals surface area (Å²) in [6.45, 7) is 5.68. The largest absolute Gasteiger partial charge is 0.384 e. The Morgan fingerprint density at radius 1 is 1.11 bits per heavy atom. The van der Waals surface area contributed by atoms with Crippen LogP contribution in [0.4, 0.5) is 11.4 Å². The lowest BCUT2D eigenvalue weighted by atomic mass is 10.2. The van der Waals surface area contributed by atoms with Crippen molar-refractivity contribution < 1.29 is 4.79 Å². The first-order chi connectivity index (χ1) is 16.8. The van der Waals surface area contributed by atoms with Gasteiger partial charge in [0.2, 0.25) is 5.91 Å². The van der Waals surface area contributed by atoms with Gasteiger partial charge in [0.1, 0.15) is 0 Å². The second-order valence-corrected chi connectivity index (χ2v) is 10.4. The SMILES string of the molecule is Cc1ccc(NC(=O)C(C)Sc2nc3ccccc3n2-c2ccc(NCCN(C)C)cc2)c(Cl)c1. The summed E-state index contributed by atoms with van der Waals surface area (Å²) in [5.41, 5.74) is 5.60. The summed E-state index contributed by atoms with van der Waals surface area (Å²) in [4.78, 5) is 20.0. The third kappa shape index (κ3) is 6.17. The van der Waals surface area contributed by atoms with Crippen molar-refractivity contribution in [2.24, 2.45) is 0 Å². The second-order valence-electron chi connectivity index (χ2n) is 8.73. The molecule has 1 atom stereocenters. The van der Waals surface area contributed by atoms with E-state index >= 15 is 0 Å². The van der Waals surface area contributed by atoms with Crippen molar-refractivity contribution in [2.45, 2.75) is 24.3 Å². The zero-order valence-electron chi connectivity index (χ0n) is 20.4. The lowest BCUT2D eigenvalue weighted by Crippen LogP contribution is -2.23. The standard InChI is InChI=1S/C27H30ClN5OS/c1-18-9-14-23(22(28)17-18)30-26(34)19(2)35-27-31-24-7-5-6-8-25(24)33(27)21-12-10-20(11-13-21)29-15-16-32(3)4/h5-14,17,19,29H,15-16H2,1-4H3,(H,30,34). The van der Waals surface area contributed by atoms with E-state index in [0.717, 1.165) is 46.2 Å². The molecule has 0 radical (unpaired) electrons. The number of imidazole rings is 1. The number of amides is 1. The number of para-hydroxylation sites is 2. The number of carbonyl (C=O) groups excluding carboxylic acids is 1. The predicted octanol–water partition coefficient (Wildman–Crippen LogP) is 6.08. The highest BCUT2D eigenvalue weighted by Gasteiger charge is 2.21. The summed E-state index contributed by atoms with van der Waals surface area (Å²) in [7, 11) is 4.12. The summed E-state index contributed by atoms with van der Waals surface area (Å²) in [6, 6.07) is 21.9. The Bertz CT molecular complexity index is 1320. The van der Waals surface area contributed by atoms with Gasteiger partial charge in [-0.3, -0.25) is 9.36 Å². The molecule has 4 aromatic rings. The molecule has 0 bridgehead atoms. The fraction of sp³-hybridized carbons (Fsp3) is 0.259. The third-order valence-corrected chi connectivity index (χ3v) is 6.94. The molecule has 2 N–H and O–H groups in total. The van der Waals surface area contributed by atoms with Crippen molar-refractivity contribution in [3.8, 4) is 5.69 Å². The number of rotatable bonds is 9. The number of aromatic nitrogens is 2. The van der Waals surface area contributed by atoms with Gasteiger partial charge >= 0.3 is 0 Å². The lowest BCUT2D eigenvalue weighted by molar-refractivity contribution is -0.115. The van der Waals surface area contributed by atoms with Crippen LogP contribution in [0.5, 0.6) is 0 Å². The molecule has 0 spiro atoms. The molecule has 0 saturated heterocycles. The summed E-state index contributed by atoms with van der Waals surface area (Å²) in [5.74, 6) is -0.125. The maximum atomic E-state index is 13.0. The average molecular weight is 508 g/mol. The van der Waals surface area contributed by atoms with E-state index in [2.05, 4.69) is 58.5 Å². The Balaban J connectivity index is 1.56. The number of thioether (sulfide) groups is 1. The highest BCUT2D eigenvalue weighted by Crippen LogP contribution is 2.32. The molecule has 6 nitrogen and oxygen atoms in total. The van der Waals surface area contributed by atoms with Crippen molar-refractivity contribution in [3.05, 3.63) is 77.3 Å². The van der Waals surface area contributed by atoms with E-state index in [0.29, 0.717) is 10.7 Å². The number of carbonyl (C=O) groups is 1. The molecule has 0 fully saturated rings. The van der Waals surface area contributed by atoms with Gasteiger partial charge in [-0.2, -0.15) is 0 Å². The lowest BCUT2D eigenvalue weighted by Gasteiger charge is -2.15. The molecule has 4 rings (SSSR count). The number of hydrogen-bond donors (Lipinski definition) is 2. The zero-order chi connectivity index (χ0) is 24.9. The van der Waals surface area contributed by atoms with Crippen molar-refractivity contribution in [1.29, 1.82) is 0 Å². The highest BCUT2D eigenvalue weighted by molar-refractivity contribution is 8.00. The maximum Gasteiger partial charge on any atom is 0.237 e. The summed E-state index contributed by atoms with van der Waals surface area (Å²) >= 11 is 7.74. The van der Waals surface area contributed by atoms with E-state index in [-0.39, 0.29) is 11.2 Å². The number of nitrogens with zero attached hydrogens (tertiary/aromatic N) is 3. The topological polar surface area (TPSA) is 62.2 Å². The van der Waals surface area contributed by atoms with Gasteiger partial charge in [-0.15, -0.1) is 0 Å². The maximum absolute atomic E-state index is 13.0. The van der Waals surface area contributed by atoms with Crippen LogP contribution in [0.25, 0.3) is 16.7 Å². The van der Waals surface area contributed by atoms with Gasteiger partial charge in [-0.25, -0.2) is 4.98 Å². The zero-order valence-corrected chi connectivity index (χ0v) is 22.0. The van der Waals surface area contributed by atoms with Crippen molar-refractivity contribution in [1.82, 2.24) is 14.5 Å². The molecule has 35 heavy (non-hydrogen) atoms.